The number of nitrogens with zero attached hydrogens (tertiary/aromatic N) is 3. The Hall–Kier alpha value is -2.19. The number of aromatic nitrogens is 2. The van der Waals surface area contributed by atoms with E-state index in [0.29, 0.717) is 18.7 Å². The maximum Gasteiger partial charge on any atom is 0.254 e. The van der Waals surface area contributed by atoms with E-state index in [1.54, 1.807) is 33.2 Å². The molecule has 1 heterocycles. The molecule has 0 aliphatic carbocycles. The summed E-state index contributed by atoms with van der Waals surface area (Å²) in [6.45, 7) is 4.12. The van der Waals surface area contributed by atoms with E-state index in [4.69, 9.17) is 0 Å². The number of carbonyl (C=O) groups is 1. The SMILES string of the molecule is CCNS(=O)(=O)c1ccc(C)c(C(=O)N(C)Cc2nccn2C)c1. The molecule has 0 aliphatic rings. The van der Waals surface area contributed by atoms with Crippen molar-refractivity contribution in [3.05, 3.63) is 47.5 Å². The maximum absolute atomic E-state index is 12.7. The molecule has 0 saturated carbocycles. The number of hydrogen-bond acceptors (Lipinski definition) is 4. The number of aryl methyl sites for hydroxylation is 2. The number of rotatable bonds is 6. The van der Waals surface area contributed by atoms with Gasteiger partial charge in [-0.25, -0.2) is 18.1 Å². The van der Waals surface area contributed by atoms with Gasteiger partial charge >= 0.3 is 0 Å². The van der Waals surface area contributed by atoms with Crippen LogP contribution in [0.25, 0.3) is 0 Å². The largest absolute Gasteiger partial charge is 0.337 e. The smallest absolute Gasteiger partial charge is 0.254 e. The molecule has 7 nitrogen and oxygen atoms in total. The van der Waals surface area contributed by atoms with Crippen LogP contribution in [0.5, 0.6) is 0 Å². The van der Waals surface area contributed by atoms with Crippen molar-refractivity contribution in [3.8, 4) is 0 Å². The van der Waals surface area contributed by atoms with Crippen molar-refractivity contribution in [2.75, 3.05) is 13.6 Å². The topological polar surface area (TPSA) is 84.3 Å². The summed E-state index contributed by atoms with van der Waals surface area (Å²) >= 11 is 0. The predicted molar refractivity (Wildman–Crippen MR) is 91.0 cm³/mol. The lowest BCUT2D eigenvalue weighted by molar-refractivity contribution is 0.0779. The summed E-state index contributed by atoms with van der Waals surface area (Å²) in [7, 11) is -0.0774. The van der Waals surface area contributed by atoms with Gasteiger partial charge in [-0.15, -0.1) is 0 Å². The molecule has 1 amide bonds. The number of amides is 1. The van der Waals surface area contributed by atoms with Crippen LogP contribution in [0.15, 0.2) is 35.5 Å². The first kappa shape index (κ1) is 18.2. The van der Waals surface area contributed by atoms with E-state index in [0.717, 1.165) is 11.4 Å². The quantitative estimate of drug-likeness (QED) is 0.851. The molecule has 1 aromatic heterocycles. The molecule has 2 aromatic rings. The molecule has 0 aliphatic heterocycles. The van der Waals surface area contributed by atoms with Gasteiger partial charge in [-0.05, 0) is 24.6 Å². The van der Waals surface area contributed by atoms with Crippen molar-refractivity contribution < 1.29 is 13.2 Å². The summed E-state index contributed by atoms with van der Waals surface area (Å²) in [5, 5.41) is 0. The summed E-state index contributed by atoms with van der Waals surface area (Å²) in [5.74, 6) is 0.504. The van der Waals surface area contributed by atoms with Gasteiger partial charge in [-0.2, -0.15) is 0 Å². The lowest BCUT2D eigenvalue weighted by atomic mass is 10.1. The lowest BCUT2D eigenvalue weighted by Gasteiger charge is -2.18. The van der Waals surface area contributed by atoms with Gasteiger partial charge in [0.15, 0.2) is 0 Å². The third-order valence-electron chi connectivity index (χ3n) is 3.73. The zero-order valence-corrected chi connectivity index (χ0v) is 15.1. The van der Waals surface area contributed by atoms with Gasteiger partial charge in [-0.1, -0.05) is 13.0 Å². The number of sulfonamides is 1. The van der Waals surface area contributed by atoms with Gasteiger partial charge in [0.2, 0.25) is 10.0 Å². The normalized spacial score (nSPS) is 11.5. The second-order valence-electron chi connectivity index (χ2n) is 5.59. The van der Waals surface area contributed by atoms with Crippen LogP contribution in [0.3, 0.4) is 0 Å². The Kier molecular flexibility index (Phi) is 5.40. The van der Waals surface area contributed by atoms with Gasteiger partial charge in [-0.3, -0.25) is 4.79 Å². The predicted octanol–water partition coefficient (Wildman–Crippen LogP) is 1.30. The molecule has 0 spiro atoms. The second kappa shape index (κ2) is 7.14. The van der Waals surface area contributed by atoms with Gasteiger partial charge in [0, 0.05) is 38.6 Å². The van der Waals surface area contributed by atoms with E-state index in [1.807, 2.05) is 17.8 Å². The number of benzene rings is 1. The highest BCUT2D eigenvalue weighted by molar-refractivity contribution is 7.89. The van der Waals surface area contributed by atoms with Gasteiger partial charge in [0.25, 0.3) is 5.91 Å². The molecule has 1 N–H and O–H groups in total. The average molecular weight is 350 g/mol. The van der Waals surface area contributed by atoms with E-state index in [-0.39, 0.29) is 10.8 Å². The highest BCUT2D eigenvalue weighted by Crippen LogP contribution is 2.18. The Balaban J connectivity index is 2.30. The fourth-order valence-electron chi connectivity index (χ4n) is 2.31. The number of imidazole rings is 1. The standard InChI is InChI=1S/C16H22N4O3S/c1-5-18-24(22,23)13-7-6-12(2)14(10-13)16(21)20(4)11-15-17-8-9-19(15)3/h6-10,18H,5,11H2,1-4H3. The van der Waals surface area contributed by atoms with Gasteiger partial charge in [0.1, 0.15) is 5.82 Å². The summed E-state index contributed by atoms with van der Waals surface area (Å²) in [6, 6.07) is 4.57. The van der Waals surface area contributed by atoms with Gasteiger partial charge in [0.05, 0.1) is 11.4 Å². The van der Waals surface area contributed by atoms with E-state index < -0.39 is 10.0 Å². The molecule has 0 bridgehead atoms. The first-order valence-corrected chi connectivity index (χ1v) is 9.06. The first-order valence-electron chi connectivity index (χ1n) is 7.58. The third-order valence-corrected chi connectivity index (χ3v) is 5.27. The molecular formula is C16H22N4O3S. The number of nitrogens with one attached hydrogen (secondary N) is 1. The maximum atomic E-state index is 12.7. The minimum atomic E-state index is -3.60. The second-order valence-corrected chi connectivity index (χ2v) is 7.36. The monoisotopic (exact) mass is 350 g/mol. The molecule has 0 saturated heterocycles. The highest BCUT2D eigenvalue weighted by atomic mass is 32.2. The summed E-state index contributed by atoms with van der Waals surface area (Å²) < 4.78 is 28.5. The van der Waals surface area contributed by atoms with Crippen molar-refractivity contribution in [1.82, 2.24) is 19.2 Å². The van der Waals surface area contributed by atoms with Crippen LogP contribution in [0.2, 0.25) is 0 Å². The molecular weight excluding hydrogens is 328 g/mol. The highest BCUT2D eigenvalue weighted by Gasteiger charge is 2.20. The zero-order valence-electron chi connectivity index (χ0n) is 14.3. The molecule has 0 unspecified atom stereocenters. The molecule has 8 heteroatoms. The van der Waals surface area contributed by atoms with E-state index >= 15 is 0 Å². The van der Waals surface area contributed by atoms with Crippen LogP contribution in [-0.2, 0) is 23.6 Å². The molecule has 1 aromatic carbocycles. The van der Waals surface area contributed by atoms with Crippen LogP contribution in [0.4, 0.5) is 0 Å². The number of carbonyl (C=O) groups excluding carboxylic acids is 1. The van der Waals surface area contributed by atoms with Crippen molar-refractivity contribution in [3.63, 3.8) is 0 Å². The summed E-state index contributed by atoms with van der Waals surface area (Å²) in [5.41, 5.74) is 1.09. The van der Waals surface area contributed by atoms with Crippen molar-refractivity contribution in [1.29, 1.82) is 0 Å². The zero-order chi connectivity index (χ0) is 17.9. The molecule has 0 atom stereocenters. The molecule has 24 heavy (non-hydrogen) atoms. The van der Waals surface area contributed by atoms with Crippen molar-refractivity contribution in [2.24, 2.45) is 7.05 Å². The fraction of sp³-hybridized carbons (Fsp3) is 0.375. The van der Waals surface area contributed by atoms with Crippen LogP contribution in [0, 0.1) is 6.92 Å². The van der Waals surface area contributed by atoms with Crippen LogP contribution < -0.4 is 4.72 Å². The molecule has 130 valence electrons. The van der Waals surface area contributed by atoms with Crippen LogP contribution >= 0.6 is 0 Å². The minimum Gasteiger partial charge on any atom is -0.337 e. The minimum absolute atomic E-state index is 0.0868. The molecule has 0 fully saturated rings. The average Bonchev–Trinajstić information content (AvgIpc) is 2.92. The van der Waals surface area contributed by atoms with Crippen molar-refractivity contribution in [2.45, 2.75) is 25.3 Å². The Morgan fingerprint density at radius 1 is 1.38 bits per heavy atom. The molecule has 2 rings (SSSR count). The lowest BCUT2D eigenvalue weighted by Crippen LogP contribution is -2.29. The Labute approximate surface area is 142 Å². The Morgan fingerprint density at radius 2 is 2.08 bits per heavy atom. The van der Waals surface area contributed by atoms with E-state index in [1.165, 1.54) is 17.0 Å². The third kappa shape index (κ3) is 3.82. The van der Waals surface area contributed by atoms with Crippen LogP contribution in [0.1, 0.15) is 28.7 Å². The van der Waals surface area contributed by atoms with Crippen LogP contribution in [-0.4, -0.2) is 42.4 Å². The Morgan fingerprint density at radius 3 is 2.67 bits per heavy atom. The van der Waals surface area contributed by atoms with Gasteiger partial charge < -0.3 is 9.47 Å². The fourth-order valence-corrected chi connectivity index (χ4v) is 3.38. The van der Waals surface area contributed by atoms with E-state index in [2.05, 4.69) is 9.71 Å². The van der Waals surface area contributed by atoms with Crippen molar-refractivity contribution >= 4 is 15.9 Å². The molecule has 0 radical (unpaired) electrons. The Bertz CT molecular complexity index is 843. The van der Waals surface area contributed by atoms with E-state index in [9.17, 15) is 13.2 Å². The number of hydrogen-bond donors (Lipinski definition) is 1. The first-order chi connectivity index (χ1) is 11.3. The summed E-state index contributed by atoms with van der Waals surface area (Å²) in [4.78, 5) is 18.5. The summed E-state index contributed by atoms with van der Waals surface area (Å²) in [6.07, 6.45) is 3.48.